The minimum atomic E-state index is 0.415. The van der Waals surface area contributed by atoms with Crippen molar-refractivity contribution >= 4 is 5.95 Å². The third kappa shape index (κ3) is 3.80. The predicted molar refractivity (Wildman–Crippen MR) is 93.4 cm³/mol. The van der Waals surface area contributed by atoms with Crippen LogP contribution in [0.4, 0.5) is 5.95 Å². The van der Waals surface area contributed by atoms with Gasteiger partial charge in [0.2, 0.25) is 5.95 Å². The van der Waals surface area contributed by atoms with Crippen LogP contribution in [0.15, 0.2) is 12.4 Å². The van der Waals surface area contributed by atoms with Crippen LogP contribution in [0.3, 0.4) is 0 Å². The van der Waals surface area contributed by atoms with E-state index in [1.807, 2.05) is 12.4 Å². The minimum absolute atomic E-state index is 0.415. The van der Waals surface area contributed by atoms with Crippen molar-refractivity contribution in [2.75, 3.05) is 31.2 Å². The molecule has 4 heterocycles. The summed E-state index contributed by atoms with van der Waals surface area (Å²) in [6.07, 6.45) is 6.81. The molecule has 2 aliphatic rings. The fraction of sp³-hybridized carbons (Fsp3) is 0.647. The summed E-state index contributed by atoms with van der Waals surface area (Å²) in [5, 5.41) is 8.17. The molecule has 0 amide bonds. The second-order valence-corrected chi connectivity index (χ2v) is 6.59. The van der Waals surface area contributed by atoms with E-state index in [-0.39, 0.29) is 0 Å². The Kier molecular flexibility index (Phi) is 4.89. The maximum absolute atomic E-state index is 5.37. The molecule has 134 valence electrons. The van der Waals surface area contributed by atoms with E-state index in [4.69, 9.17) is 4.74 Å². The Morgan fingerprint density at radius 2 is 2.04 bits per heavy atom. The van der Waals surface area contributed by atoms with Crippen molar-refractivity contribution in [2.45, 2.75) is 45.3 Å². The Morgan fingerprint density at radius 3 is 2.80 bits per heavy atom. The summed E-state index contributed by atoms with van der Waals surface area (Å²) in [6, 6.07) is 0.415. The molecule has 8 nitrogen and oxygen atoms in total. The molecule has 0 unspecified atom stereocenters. The molecule has 0 spiro atoms. The third-order valence-electron chi connectivity index (χ3n) is 4.80. The summed E-state index contributed by atoms with van der Waals surface area (Å²) >= 11 is 0. The quantitative estimate of drug-likeness (QED) is 0.850. The predicted octanol–water partition coefficient (Wildman–Crippen LogP) is 0.572. The number of rotatable bonds is 5. The lowest BCUT2D eigenvalue weighted by Gasteiger charge is -2.26. The zero-order chi connectivity index (χ0) is 17.1. The molecule has 1 atom stereocenters. The van der Waals surface area contributed by atoms with Gasteiger partial charge in [-0.2, -0.15) is 5.10 Å². The molecule has 2 aromatic heterocycles. The largest absolute Gasteiger partial charge is 0.378 e. The van der Waals surface area contributed by atoms with E-state index in [0.717, 1.165) is 81.8 Å². The van der Waals surface area contributed by atoms with E-state index < -0.39 is 0 Å². The van der Waals surface area contributed by atoms with Crippen molar-refractivity contribution in [3.8, 4) is 0 Å². The summed E-state index contributed by atoms with van der Waals surface area (Å²) in [6.45, 7) is 6.97. The number of aromatic nitrogens is 5. The molecule has 0 aromatic carbocycles. The number of hydrogen-bond donors (Lipinski definition) is 1. The molecule has 8 heteroatoms. The Labute approximate surface area is 147 Å². The Morgan fingerprint density at radius 1 is 1.24 bits per heavy atom. The molecule has 0 saturated carbocycles. The van der Waals surface area contributed by atoms with Gasteiger partial charge in [-0.15, -0.1) is 0 Å². The molecular formula is C17H25N7O. The molecule has 2 aromatic rings. The normalized spacial score (nSPS) is 20.5. The monoisotopic (exact) mass is 343 g/mol. The van der Waals surface area contributed by atoms with E-state index in [1.165, 1.54) is 0 Å². The Balaban J connectivity index is 1.31. The van der Waals surface area contributed by atoms with Gasteiger partial charge in [-0.05, 0) is 6.42 Å². The first-order valence-corrected chi connectivity index (χ1v) is 9.11. The number of aryl methyl sites for hydroxylation is 2. The molecule has 1 saturated heterocycles. The van der Waals surface area contributed by atoms with Gasteiger partial charge in [0.05, 0.1) is 19.8 Å². The van der Waals surface area contributed by atoms with Gasteiger partial charge in [0.15, 0.2) is 5.82 Å². The number of fused-ring (bicyclic) bond motifs is 1. The highest BCUT2D eigenvalue weighted by molar-refractivity contribution is 5.30. The smallest absolute Gasteiger partial charge is 0.225 e. The summed E-state index contributed by atoms with van der Waals surface area (Å²) in [7, 11) is 0. The molecule has 0 bridgehead atoms. The first-order valence-electron chi connectivity index (χ1n) is 9.11. The van der Waals surface area contributed by atoms with Crippen LogP contribution in [-0.2, 0) is 30.7 Å². The van der Waals surface area contributed by atoms with Crippen LogP contribution in [0.1, 0.15) is 30.6 Å². The van der Waals surface area contributed by atoms with Gasteiger partial charge in [0, 0.05) is 56.5 Å². The standard InChI is InChI=1S/C17H25N7O/c1-2-15-21-16-4-3-14(12-24(16)22-15)18-9-13-10-19-17(20-11-13)23-5-7-25-8-6-23/h10-11,14,18H,2-9,12H2,1H3/t14-/m1/s1. The molecular weight excluding hydrogens is 318 g/mol. The van der Waals surface area contributed by atoms with Crippen LogP contribution in [0, 0.1) is 0 Å². The van der Waals surface area contributed by atoms with E-state index in [9.17, 15) is 0 Å². The highest BCUT2D eigenvalue weighted by Crippen LogP contribution is 2.14. The zero-order valence-electron chi connectivity index (χ0n) is 14.7. The number of nitrogens with one attached hydrogen (secondary N) is 1. The Bertz CT molecular complexity index is 694. The SMILES string of the molecule is CCc1nc2n(n1)C[C@H](NCc1cnc(N3CCOCC3)nc1)CC2. The Hall–Kier alpha value is -2.06. The van der Waals surface area contributed by atoms with Crippen LogP contribution in [0.25, 0.3) is 0 Å². The van der Waals surface area contributed by atoms with Crippen molar-refractivity contribution in [3.63, 3.8) is 0 Å². The van der Waals surface area contributed by atoms with Crippen LogP contribution in [0.2, 0.25) is 0 Å². The number of anilines is 1. The molecule has 1 fully saturated rings. The number of ether oxygens (including phenoxy) is 1. The lowest BCUT2D eigenvalue weighted by molar-refractivity contribution is 0.122. The van der Waals surface area contributed by atoms with Crippen LogP contribution in [-0.4, -0.2) is 57.1 Å². The lowest BCUT2D eigenvalue weighted by atomic mass is 10.1. The lowest BCUT2D eigenvalue weighted by Crippen LogP contribution is -2.38. The molecule has 2 aliphatic heterocycles. The maximum atomic E-state index is 5.37. The minimum Gasteiger partial charge on any atom is -0.378 e. The molecule has 4 rings (SSSR count). The molecule has 0 aliphatic carbocycles. The van der Waals surface area contributed by atoms with Crippen molar-refractivity contribution in [1.82, 2.24) is 30.0 Å². The van der Waals surface area contributed by atoms with Crippen molar-refractivity contribution in [1.29, 1.82) is 0 Å². The summed E-state index contributed by atoms with van der Waals surface area (Å²) in [5.74, 6) is 2.86. The fourth-order valence-electron chi connectivity index (χ4n) is 3.31. The van der Waals surface area contributed by atoms with Crippen molar-refractivity contribution in [3.05, 3.63) is 29.6 Å². The van der Waals surface area contributed by atoms with E-state index in [2.05, 4.69) is 41.9 Å². The van der Waals surface area contributed by atoms with Gasteiger partial charge >= 0.3 is 0 Å². The topological polar surface area (TPSA) is 81.0 Å². The average molecular weight is 343 g/mol. The third-order valence-corrected chi connectivity index (χ3v) is 4.80. The summed E-state index contributed by atoms with van der Waals surface area (Å²) in [4.78, 5) is 15.7. The van der Waals surface area contributed by atoms with Gasteiger partial charge in [-0.3, -0.25) is 0 Å². The summed E-state index contributed by atoms with van der Waals surface area (Å²) < 4.78 is 7.42. The van der Waals surface area contributed by atoms with Gasteiger partial charge in [0.25, 0.3) is 0 Å². The molecule has 1 N–H and O–H groups in total. The van der Waals surface area contributed by atoms with E-state index in [1.54, 1.807) is 0 Å². The second-order valence-electron chi connectivity index (χ2n) is 6.59. The van der Waals surface area contributed by atoms with Gasteiger partial charge in [-0.1, -0.05) is 6.92 Å². The van der Waals surface area contributed by atoms with Gasteiger partial charge < -0.3 is 15.0 Å². The number of nitrogens with zero attached hydrogens (tertiary/aromatic N) is 6. The van der Waals surface area contributed by atoms with E-state index >= 15 is 0 Å². The van der Waals surface area contributed by atoms with Crippen molar-refractivity contribution < 1.29 is 4.74 Å². The second kappa shape index (κ2) is 7.45. The number of hydrogen-bond acceptors (Lipinski definition) is 7. The molecule has 0 radical (unpaired) electrons. The zero-order valence-corrected chi connectivity index (χ0v) is 14.7. The summed E-state index contributed by atoms with van der Waals surface area (Å²) in [5.41, 5.74) is 1.11. The highest BCUT2D eigenvalue weighted by Gasteiger charge is 2.21. The van der Waals surface area contributed by atoms with Gasteiger partial charge in [0.1, 0.15) is 5.82 Å². The van der Waals surface area contributed by atoms with Crippen LogP contribution in [0.5, 0.6) is 0 Å². The first kappa shape index (κ1) is 16.4. The van der Waals surface area contributed by atoms with Gasteiger partial charge in [-0.25, -0.2) is 19.6 Å². The maximum Gasteiger partial charge on any atom is 0.225 e. The molecule has 25 heavy (non-hydrogen) atoms. The number of morpholine rings is 1. The average Bonchev–Trinajstić information content (AvgIpc) is 3.10. The van der Waals surface area contributed by atoms with Crippen LogP contribution < -0.4 is 10.2 Å². The van der Waals surface area contributed by atoms with Crippen LogP contribution >= 0.6 is 0 Å². The highest BCUT2D eigenvalue weighted by atomic mass is 16.5. The first-order chi connectivity index (χ1) is 12.3. The fourth-order valence-corrected chi connectivity index (χ4v) is 3.31. The van der Waals surface area contributed by atoms with E-state index in [0.29, 0.717) is 6.04 Å². The van der Waals surface area contributed by atoms with Crippen molar-refractivity contribution in [2.24, 2.45) is 0 Å².